The van der Waals surface area contributed by atoms with Gasteiger partial charge in [-0.3, -0.25) is 9.59 Å². The van der Waals surface area contributed by atoms with Crippen molar-refractivity contribution in [1.82, 2.24) is 5.32 Å². The largest absolute Gasteiger partial charge is 0.497 e. The summed E-state index contributed by atoms with van der Waals surface area (Å²) in [6.07, 6.45) is 0. The Morgan fingerprint density at radius 1 is 0.955 bits per heavy atom. The zero-order valence-electron chi connectivity index (χ0n) is 12.5. The second kappa shape index (κ2) is 7.26. The Morgan fingerprint density at radius 3 is 2.18 bits per heavy atom. The van der Waals surface area contributed by atoms with Crippen LogP contribution in [0.3, 0.4) is 0 Å². The van der Waals surface area contributed by atoms with Crippen molar-refractivity contribution in [1.29, 1.82) is 0 Å². The van der Waals surface area contributed by atoms with Crippen LogP contribution in [0.4, 0.5) is 5.69 Å². The van der Waals surface area contributed by atoms with Crippen LogP contribution in [0.2, 0.25) is 0 Å². The maximum Gasteiger partial charge on any atom is 0.313 e. The SMILES string of the molecule is COc1ccc(C(C)NC(=O)C(=O)Nc2ccccc2)cc1. The highest BCUT2D eigenvalue weighted by Gasteiger charge is 2.17. The number of hydrogen-bond donors (Lipinski definition) is 2. The fourth-order valence-corrected chi connectivity index (χ4v) is 1.95. The van der Waals surface area contributed by atoms with Crippen molar-refractivity contribution in [2.24, 2.45) is 0 Å². The van der Waals surface area contributed by atoms with E-state index >= 15 is 0 Å². The van der Waals surface area contributed by atoms with Crippen LogP contribution >= 0.6 is 0 Å². The molecule has 0 aliphatic heterocycles. The van der Waals surface area contributed by atoms with Crippen LogP contribution in [0.1, 0.15) is 18.5 Å². The van der Waals surface area contributed by atoms with Gasteiger partial charge < -0.3 is 15.4 Å². The molecule has 0 saturated carbocycles. The minimum absolute atomic E-state index is 0.278. The molecule has 2 N–H and O–H groups in total. The minimum Gasteiger partial charge on any atom is -0.497 e. The Morgan fingerprint density at radius 2 is 1.59 bits per heavy atom. The summed E-state index contributed by atoms with van der Waals surface area (Å²) in [7, 11) is 1.59. The lowest BCUT2D eigenvalue weighted by molar-refractivity contribution is -0.136. The summed E-state index contributed by atoms with van der Waals surface area (Å²) in [6, 6.07) is 15.9. The molecular weight excluding hydrogens is 280 g/mol. The van der Waals surface area contributed by atoms with Crippen molar-refractivity contribution in [2.75, 3.05) is 12.4 Å². The van der Waals surface area contributed by atoms with Crippen LogP contribution in [0.25, 0.3) is 0 Å². The predicted molar refractivity (Wildman–Crippen MR) is 84.6 cm³/mol. The van der Waals surface area contributed by atoms with Crippen molar-refractivity contribution in [3.63, 3.8) is 0 Å². The zero-order chi connectivity index (χ0) is 15.9. The molecule has 0 saturated heterocycles. The molecule has 2 amide bonds. The molecule has 0 aliphatic rings. The van der Waals surface area contributed by atoms with E-state index in [1.807, 2.05) is 37.3 Å². The van der Waals surface area contributed by atoms with Gasteiger partial charge in [0.05, 0.1) is 13.2 Å². The molecular formula is C17H18N2O3. The molecule has 114 valence electrons. The van der Waals surface area contributed by atoms with E-state index in [1.165, 1.54) is 0 Å². The van der Waals surface area contributed by atoms with Gasteiger partial charge in [-0.05, 0) is 36.8 Å². The van der Waals surface area contributed by atoms with Gasteiger partial charge in [-0.1, -0.05) is 30.3 Å². The number of anilines is 1. The predicted octanol–water partition coefficient (Wildman–Crippen LogP) is 2.51. The van der Waals surface area contributed by atoms with E-state index in [9.17, 15) is 9.59 Å². The van der Waals surface area contributed by atoms with E-state index in [0.29, 0.717) is 5.69 Å². The van der Waals surface area contributed by atoms with Gasteiger partial charge in [0.1, 0.15) is 5.75 Å². The number of nitrogens with one attached hydrogen (secondary N) is 2. The summed E-state index contributed by atoms with van der Waals surface area (Å²) in [5.74, 6) is -0.622. The molecule has 1 unspecified atom stereocenters. The van der Waals surface area contributed by atoms with E-state index < -0.39 is 11.8 Å². The number of amides is 2. The summed E-state index contributed by atoms with van der Waals surface area (Å²) >= 11 is 0. The molecule has 1 atom stereocenters. The molecule has 2 aromatic rings. The first-order valence-electron chi connectivity index (χ1n) is 6.91. The van der Waals surface area contributed by atoms with Crippen LogP contribution < -0.4 is 15.4 Å². The summed E-state index contributed by atoms with van der Waals surface area (Å²) < 4.78 is 5.08. The first-order valence-corrected chi connectivity index (χ1v) is 6.91. The summed E-state index contributed by atoms with van der Waals surface area (Å²) in [5, 5.41) is 5.21. The molecule has 5 heteroatoms. The van der Waals surface area contributed by atoms with Crippen molar-refractivity contribution in [3.8, 4) is 5.75 Å². The van der Waals surface area contributed by atoms with Crippen LogP contribution in [0, 0.1) is 0 Å². The van der Waals surface area contributed by atoms with Gasteiger partial charge in [0.25, 0.3) is 0 Å². The molecule has 0 radical (unpaired) electrons. The minimum atomic E-state index is -0.688. The Balaban J connectivity index is 1.93. The highest BCUT2D eigenvalue weighted by atomic mass is 16.5. The molecule has 0 spiro atoms. The Bertz CT molecular complexity index is 639. The molecule has 0 aromatic heterocycles. The summed E-state index contributed by atoms with van der Waals surface area (Å²) in [6.45, 7) is 1.81. The fraction of sp³-hybridized carbons (Fsp3) is 0.176. The van der Waals surface area contributed by atoms with Gasteiger partial charge in [-0.15, -0.1) is 0 Å². The monoisotopic (exact) mass is 298 g/mol. The summed E-state index contributed by atoms with van der Waals surface area (Å²) in [4.78, 5) is 23.7. The van der Waals surface area contributed by atoms with Crippen molar-refractivity contribution in [3.05, 3.63) is 60.2 Å². The van der Waals surface area contributed by atoms with Gasteiger partial charge in [0.2, 0.25) is 0 Å². The van der Waals surface area contributed by atoms with E-state index in [-0.39, 0.29) is 6.04 Å². The van der Waals surface area contributed by atoms with Crippen LogP contribution in [-0.2, 0) is 9.59 Å². The Kier molecular flexibility index (Phi) is 5.14. The lowest BCUT2D eigenvalue weighted by Crippen LogP contribution is -2.36. The number of methoxy groups -OCH3 is 1. The normalized spacial score (nSPS) is 11.4. The van der Waals surface area contributed by atoms with Gasteiger partial charge in [0, 0.05) is 5.69 Å². The smallest absolute Gasteiger partial charge is 0.313 e. The van der Waals surface area contributed by atoms with E-state index in [0.717, 1.165) is 11.3 Å². The first kappa shape index (κ1) is 15.6. The van der Waals surface area contributed by atoms with Crippen molar-refractivity contribution < 1.29 is 14.3 Å². The third-order valence-corrected chi connectivity index (χ3v) is 3.20. The molecule has 0 heterocycles. The standard InChI is InChI=1S/C17H18N2O3/c1-12(13-8-10-15(22-2)11-9-13)18-16(20)17(21)19-14-6-4-3-5-7-14/h3-12H,1-2H3,(H,18,20)(H,19,21). The number of hydrogen-bond acceptors (Lipinski definition) is 3. The highest BCUT2D eigenvalue weighted by molar-refractivity contribution is 6.39. The second-order valence-corrected chi connectivity index (χ2v) is 4.79. The number of carbonyl (C=O) groups excluding carboxylic acids is 2. The second-order valence-electron chi connectivity index (χ2n) is 4.79. The van der Waals surface area contributed by atoms with Crippen molar-refractivity contribution >= 4 is 17.5 Å². The third kappa shape index (κ3) is 4.09. The highest BCUT2D eigenvalue weighted by Crippen LogP contribution is 2.17. The quantitative estimate of drug-likeness (QED) is 0.852. The third-order valence-electron chi connectivity index (χ3n) is 3.20. The van der Waals surface area contributed by atoms with Gasteiger partial charge >= 0.3 is 11.8 Å². The fourth-order valence-electron chi connectivity index (χ4n) is 1.95. The number of para-hydroxylation sites is 1. The maximum absolute atomic E-state index is 11.9. The zero-order valence-corrected chi connectivity index (χ0v) is 12.5. The molecule has 0 aliphatic carbocycles. The first-order chi connectivity index (χ1) is 10.6. The molecule has 5 nitrogen and oxygen atoms in total. The van der Waals surface area contributed by atoms with E-state index in [2.05, 4.69) is 10.6 Å². The number of carbonyl (C=O) groups is 2. The van der Waals surface area contributed by atoms with Crippen molar-refractivity contribution in [2.45, 2.75) is 13.0 Å². The lowest BCUT2D eigenvalue weighted by atomic mass is 10.1. The van der Waals surface area contributed by atoms with Crippen LogP contribution in [0.15, 0.2) is 54.6 Å². The summed E-state index contributed by atoms with van der Waals surface area (Å²) in [5.41, 5.74) is 1.47. The number of rotatable bonds is 4. The molecule has 22 heavy (non-hydrogen) atoms. The lowest BCUT2D eigenvalue weighted by Gasteiger charge is -2.14. The average Bonchev–Trinajstić information content (AvgIpc) is 2.55. The van der Waals surface area contributed by atoms with Gasteiger partial charge in [0.15, 0.2) is 0 Å². The maximum atomic E-state index is 11.9. The number of benzene rings is 2. The molecule has 0 fully saturated rings. The average molecular weight is 298 g/mol. The molecule has 2 aromatic carbocycles. The van der Waals surface area contributed by atoms with Gasteiger partial charge in [-0.25, -0.2) is 0 Å². The number of ether oxygens (including phenoxy) is 1. The topological polar surface area (TPSA) is 67.4 Å². The van der Waals surface area contributed by atoms with Crippen LogP contribution in [-0.4, -0.2) is 18.9 Å². The molecule has 0 bridgehead atoms. The van der Waals surface area contributed by atoms with E-state index in [4.69, 9.17) is 4.74 Å². The Labute approximate surface area is 129 Å². The molecule has 2 rings (SSSR count). The Hall–Kier alpha value is -2.82. The van der Waals surface area contributed by atoms with Crippen LogP contribution in [0.5, 0.6) is 5.75 Å². The van der Waals surface area contributed by atoms with E-state index in [1.54, 1.807) is 31.4 Å². The van der Waals surface area contributed by atoms with Gasteiger partial charge in [-0.2, -0.15) is 0 Å².